The first-order valence-corrected chi connectivity index (χ1v) is 23.4. The van der Waals surface area contributed by atoms with Crippen molar-refractivity contribution in [1.82, 2.24) is 0 Å². The average Bonchev–Trinajstić information content (AvgIpc) is 3.99. The molecule has 0 amide bonds. The van der Waals surface area contributed by atoms with Crippen molar-refractivity contribution in [2.75, 3.05) is 9.80 Å². The Kier molecular flexibility index (Phi) is 9.51. The summed E-state index contributed by atoms with van der Waals surface area (Å²) in [6.07, 6.45) is 7.90. The molecule has 0 aliphatic heterocycles. The second-order valence-corrected chi connectivity index (χ2v) is 17.7. The Morgan fingerprint density at radius 2 is 0.855 bits per heavy atom. The molecule has 13 rings (SSSR count). The zero-order chi connectivity index (χ0) is 46.0. The number of fused-ring (bicyclic) bond motifs is 6. The molecule has 69 heavy (non-hydrogen) atoms. The SMILES string of the molecule is C=C/C=C\C=C(/C)c1ccc(N(c2ccc3ccc4c(N(c5ccc(-c6ccccc6)cc5)c5cccc6c5oc5ccccc56)ccc5ccc2c3c54)c2cccc3c2oc2ccccc23)cc1. The lowest BCUT2D eigenvalue weighted by Crippen LogP contribution is -2.12. The summed E-state index contributed by atoms with van der Waals surface area (Å²) >= 11 is 0. The van der Waals surface area contributed by atoms with Gasteiger partial charge in [0.05, 0.1) is 22.7 Å². The van der Waals surface area contributed by atoms with Crippen LogP contribution in [-0.4, -0.2) is 0 Å². The van der Waals surface area contributed by atoms with Crippen LogP contribution in [0.25, 0.3) is 92.9 Å². The molecule has 0 aliphatic carbocycles. The lowest BCUT2D eigenvalue weighted by molar-refractivity contribution is 0.669. The monoisotopic (exact) mass is 884 g/mol. The van der Waals surface area contributed by atoms with Gasteiger partial charge in [0.1, 0.15) is 11.2 Å². The highest BCUT2D eigenvalue weighted by atomic mass is 16.3. The standard InChI is InChI=1S/C65H44N2O2/c1-3-4-6-15-42(2)43-26-34-48(35-27-43)66(58-22-13-20-52-50-18-9-11-24-60(50)68-64(52)58)56-40-32-46-31-39-55-57(41-33-47-30-38-54(56)62(46)63(47)55)67(49-36-28-45(29-37-49)44-16-7-5-8-17-44)59-23-14-21-53-51-19-10-12-25-61(51)69-65(53)59/h3-41H,1H2,2H3/b6-4-,42-15+. The maximum absolute atomic E-state index is 6.78. The van der Waals surface area contributed by atoms with Crippen molar-refractivity contribution in [3.63, 3.8) is 0 Å². The average molecular weight is 885 g/mol. The lowest BCUT2D eigenvalue weighted by atomic mass is 9.91. The van der Waals surface area contributed by atoms with Gasteiger partial charge < -0.3 is 18.6 Å². The van der Waals surface area contributed by atoms with E-state index in [-0.39, 0.29) is 0 Å². The van der Waals surface area contributed by atoms with Crippen LogP contribution in [0, 0.1) is 0 Å². The van der Waals surface area contributed by atoms with Crippen molar-refractivity contribution in [3.05, 3.63) is 249 Å². The molecule has 0 atom stereocenters. The van der Waals surface area contributed by atoms with E-state index in [1.165, 1.54) is 32.7 Å². The van der Waals surface area contributed by atoms with Crippen molar-refractivity contribution in [2.24, 2.45) is 0 Å². The van der Waals surface area contributed by atoms with Gasteiger partial charge in [-0.1, -0.05) is 183 Å². The van der Waals surface area contributed by atoms with Crippen LogP contribution in [0.4, 0.5) is 34.1 Å². The van der Waals surface area contributed by atoms with E-state index >= 15 is 0 Å². The number of hydrogen-bond acceptors (Lipinski definition) is 4. The highest BCUT2D eigenvalue weighted by Gasteiger charge is 2.26. The molecule has 4 nitrogen and oxygen atoms in total. The number of rotatable bonds is 10. The number of anilines is 6. The van der Waals surface area contributed by atoms with Gasteiger partial charge in [-0.25, -0.2) is 0 Å². The number of nitrogens with zero attached hydrogens (tertiary/aromatic N) is 2. The fourth-order valence-electron chi connectivity index (χ4n) is 10.5. The van der Waals surface area contributed by atoms with Gasteiger partial charge in [0.2, 0.25) is 0 Å². The molecular weight excluding hydrogens is 841 g/mol. The van der Waals surface area contributed by atoms with E-state index in [2.05, 4.69) is 230 Å². The predicted molar refractivity (Wildman–Crippen MR) is 292 cm³/mol. The minimum Gasteiger partial charge on any atom is -0.454 e. The van der Waals surface area contributed by atoms with Crippen LogP contribution >= 0.6 is 0 Å². The topological polar surface area (TPSA) is 32.8 Å². The van der Waals surface area contributed by atoms with Crippen LogP contribution in [0.1, 0.15) is 12.5 Å². The van der Waals surface area contributed by atoms with Gasteiger partial charge in [-0.05, 0) is 111 Å². The molecule has 0 unspecified atom stereocenters. The van der Waals surface area contributed by atoms with E-state index in [4.69, 9.17) is 8.83 Å². The summed E-state index contributed by atoms with van der Waals surface area (Å²) in [5.41, 5.74) is 14.2. The Labute approximate surface area is 399 Å². The third-order valence-corrected chi connectivity index (χ3v) is 13.8. The Hall–Kier alpha value is -9.12. The molecule has 0 fully saturated rings. The summed E-state index contributed by atoms with van der Waals surface area (Å²) in [4.78, 5) is 4.76. The van der Waals surface area contributed by atoms with Crippen LogP contribution in [0.15, 0.2) is 252 Å². The zero-order valence-corrected chi connectivity index (χ0v) is 37.9. The molecule has 0 N–H and O–H groups in total. The van der Waals surface area contributed by atoms with Crippen LogP contribution < -0.4 is 9.80 Å². The van der Waals surface area contributed by atoms with Crippen molar-refractivity contribution in [2.45, 2.75) is 6.92 Å². The lowest BCUT2D eigenvalue weighted by Gasteiger charge is -2.29. The highest BCUT2D eigenvalue weighted by molar-refractivity contribution is 6.28. The summed E-state index contributed by atoms with van der Waals surface area (Å²) in [6, 6.07) is 76.2. The quantitative estimate of drug-likeness (QED) is 0.101. The second kappa shape index (κ2) is 16.3. The largest absolute Gasteiger partial charge is 0.454 e. The Bertz CT molecular complexity index is 4160. The van der Waals surface area contributed by atoms with E-state index in [1.807, 2.05) is 24.3 Å². The van der Waals surface area contributed by atoms with E-state index in [0.29, 0.717) is 0 Å². The van der Waals surface area contributed by atoms with Gasteiger partial charge in [-0.15, -0.1) is 0 Å². The van der Waals surface area contributed by atoms with Crippen molar-refractivity contribution in [3.8, 4) is 11.1 Å². The van der Waals surface area contributed by atoms with Gasteiger partial charge in [-0.3, -0.25) is 0 Å². The molecule has 0 bridgehead atoms. The Morgan fingerprint density at radius 1 is 0.391 bits per heavy atom. The number of benzene rings is 11. The van der Waals surface area contributed by atoms with E-state index in [9.17, 15) is 0 Å². The minimum atomic E-state index is 0.843. The summed E-state index contributed by atoms with van der Waals surface area (Å²) in [7, 11) is 0. The summed E-state index contributed by atoms with van der Waals surface area (Å²) in [5.74, 6) is 0. The molecular formula is C65H44N2O2. The van der Waals surface area contributed by atoms with Crippen molar-refractivity contribution in [1.29, 1.82) is 0 Å². The number of allylic oxidation sites excluding steroid dienone is 5. The Balaban J connectivity index is 1.04. The molecule has 0 spiro atoms. The maximum atomic E-state index is 6.78. The molecule has 0 saturated carbocycles. The van der Waals surface area contributed by atoms with Gasteiger partial charge in [0, 0.05) is 43.7 Å². The van der Waals surface area contributed by atoms with Gasteiger partial charge in [-0.2, -0.15) is 0 Å². The first kappa shape index (κ1) is 40.2. The normalized spacial score (nSPS) is 12.2. The molecule has 0 radical (unpaired) electrons. The molecule has 13 aromatic rings. The summed E-state index contributed by atoms with van der Waals surface area (Å²) in [6.45, 7) is 5.97. The first-order valence-electron chi connectivity index (χ1n) is 23.4. The van der Waals surface area contributed by atoms with E-state index in [1.54, 1.807) is 6.08 Å². The molecule has 2 aromatic heterocycles. The van der Waals surface area contributed by atoms with Crippen LogP contribution in [0.2, 0.25) is 0 Å². The van der Waals surface area contributed by atoms with Gasteiger partial charge >= 0.3 is 0 Å². The maximum Gasteiger partial charge on any atom is 0.159 e. The predicted octanol–water partition coefficient (Wildman–Crippen LogP) is 19.1. The number of furan rings is 2. The second-order valence-electron chi connectivity index (χ2n) is 17.7. The van der Waals surface area contributed by atoms with E-state index < -0.39 is 0 Å². The van der Waals surface area contributed by atoms with Crippen molar-refractivity contribution >= 4 is 116 Å². The minimum absolute atomic E-state index is 0.843. The fourth-order valence-corrected chi connectivity index (χ4v) is 10.5. The number of para-hydroxylation sites is 4. The van der Waals surface area contributed by atoms with E-state index in [0.717, 1.165) is 99.9 Å². The third kappa shape index (κ3) is 6.60. The van der Waals surface area contributed by atoms with Gasteiger partial charge in [0.25, 0.3) is 0 Å². The zero-order valence-electron chi connectivity index (χ0n) is 37.9. The van der Waals surface area contributed by atoms with Crippen molar-refractivity contribution < 1.29 is 8.83 Å². The first-order chi connectivity index (χ1) is 34.1. The molecule has 0 saturated heterocycles. The third-order valence-electron chi connectivity index (χ3n) is 13.8. The smallest absolute Gasteiger partial charge is 0.159 e. The molecule has 4 heteroatoms. The molecule has 326 valence electrons. The molecule has 0 aliphatic rings. The molecule has 11 aromatic carbocycles. The summed E-state index contributed by atoms with van der Waals surface area (Å²) in [5, 5.41) is 11.4. The van der Waals surface area contributed by atoms with Crippen LogP contribution in [0.5, 0.6) is 0 Å². The molecule has 2 heterocycles. The highest BCUT2D eigenvalue weighted by Crippen LogP contribution is 2.50. The fraction of sp³-hybridized carbons (Fsp3) is 0.0154. The number of hydrogen-bond donors (Lipinski definition) is 0. The summed E-state index contributed by atoms with van der Waals surface area (Å²) < 4.78 is 13.6. The van der Waals surface area contributed by atoms with Crippen LogP contribution in [0.3, 0.4) is 0 Å². The Morgan fingerprint density at radius 3 is 1.39 bits per heavy atom. The van der Waals surface area contributed by atoms with Crippen LogP contribution in [-0.2, 0) is 0 Å². The van der Waals surface area contributed by atoms with Gasteiger partial charge in [0.15, 0.2) is 11.2 Å².